The van der Waals surface area contributed by atoms with Gasteiger partial charge in [0, 0.05) is 29.5 Å². The fourth-order valence-electron chi connectivity index (χ4n) is 3.03. The molecule has 23 heavy (non-hydrogen) atoms. The number of piperidine rings is 1. The summed E-state index contributed by atoms with van der Waals surface area (Å²) in [6.07, 6.45) is 1.84. The second kappa shape index (κ2) is 6.86. The van der Waals surface area contributed by atoms with Crippen LogP contribution in [-0.2, 0) is 0 Å². The van der Waals surface area contributed by atoms with Crippen LogP contribution in [0.25, 0.3) is 0 Å². The van der Waals surface area contributed by atoms with Crippen LogP contribution in [-0.4, -0.2) is 38.7 Å². The molecule has 5 nitrogen and oxygen atoms in total. The minimum atomic E-state index is 0.119. The van der Waals surface area contributed by atoms with Crippen LogP contribution in [0.2, 0.25) is 0 Å². The van der Waals surface area contributed by atoms with E-state index >= 15 is 0 Å². The normalized spacial score (nSPS) is 16.3. The van der Waals surface area contributed by atoms with Crippen LogP contribution in [0.5, 0.6) is 0 Å². The number of amides is 1. The lowest BCUT2D eigenvalue weighted by Gasteiger charge is -2.31. The molecular formula is C15H19BrN4OS2. The van der Waals surface area contributed by atoms with Crippen molar-refractivity contribution < 1.29 is 4.79 Å². The Labute approximate surface area is 152 Å². The summed E-state index contributed by atoms with van der Waals surface area (Å²) >= 11 is 10.3. The number of hydrogen-bond acceptors (Lipinski definition) is 4. The van der Waals surface area contributed by atoms with E-state index in [1.807, 2.05) is 16.3 Å². The number of rotatable bonds is 3. The molecule has 1 saturated heterocycles. The maximum atomic E-state index is 12.6. The average Bonchev–Trinajstić information content (AvgIpc) is 3.12. The Hall–Kier alpha value is -0.990. The van der Waals surface area contributed by atoms with Crippen LogP contribution < -0.4 is 0 Å². The molecule has 0 saturated carbocycles. The number of aromatic amines is 1. The number of nitrogens with one attached hydrogen (secondary N) is 1. The van der Waals surface area contributed by atoms with Crippen molar-refractivity contribution in [3.63, 3.8) is 0 Å². The van der Waals surface area contributed by atoms with Crippen LogP contribution >= 0.6 is 39.5 Å². The number of aromatic nitrogens is 3. The molecule has 3 rings (SSSR count). The van der Waals surface area contributed by atoms with Crippen molar-refractivity contribution in [3.05, 3.63) is 31.4 Å². The Morgan fingerprint density at radius 2 is 2.17 bits per heavy atom. The zero-order valence-electron chi connectivity index (χ0n) is 13.1. The summed E-state index contributed by atoms with van der Waals surface area (Å²) in [5.74, 6) is 1.49. The highest BCUT2D eigenvalue weighted by Crippen LogP contribution is 2.31. The van der Waals surface area contributed by atoms with Crippen molar-refractivity contribution in [2.45, 2.75) is 38.6 Å². The molecule has 0 aliphatic carbocycles. The Bertz CT molecular complexity index is 756. The van der Waals surface area contributed by atoms with Gasteiger partial charge in [-0.15, -0.1) is 11.3 Å². The third-order valence-corrected chi connectivity index (χ3v) is 6.32. The smallest absolute Gasteiger partial charge is 0.265 e. The first kappa shape index (κ1) is 16.9. The van der Waals surface area contributed by atoms with Gasteiger partial charge in [-0.25, -0.2) is 0 Å². The van der Waals surface area contributed by atoms with Crippen molar-refractivity contribution >= 4 is 45.4 Å². The van der Waals surface area contributed by atoms with Gasteiger partial charge in [-0.3, -0.25) is 9.89 Å². The molecule has 0 radical (unpaired) electrons. The lowest BCUT2D eigenvalue weighted by molar-refractivity contribution is 0.0714. The van der Waals surface area contributed by atoms with Crippen LogP contribution in [0, 0.1) is 4.77 Å². The largest absolute Gasteiger partial charge is 0.338 e. The van der Waals surface area contributed by atoms with Crippen LogP contribution in [0.1, 0.15) is 54.1 Å². The maximum Gasteiger partial charge on any atom is 0.265 e. The highest BCUT2D eigenvalue weighted by atomic mass is 79.9. The zero-order chi connectivity index (χ0) is 16.6. The predicted molar refractivity (Wildman–Crippen MR) is 97.7 cm³/mol. The van der Waals surface area contributed by atoms with E-state index in [1.165, 1.54) is 11.3 Å². The number of likely N-dealkylation sites (tertiary alicyclic amines) is 1. The molecule has 124 valence electrons. The lowest BCUT2D eigenvalue weighted by atomic mass is 9.95. The van der Waals surface area contributed by atoms with Gasteiger partial charge in [0.2, 0.25) is 0 Å². The number of carbonyl (C=O) groups excluding carboxylic acids is 1. The number of thiophene rings is 1. The van der Waals surface area contributed by atoms with Gasteiger partial charge in [-0.05, 0) is 66.3 Å². The minimum Gasteiger partial charge on any atom is -0.338 e. The summed E-state index contributed by atoms with van der Waals surface area (Å²) in [4.78, 5) is 15.3. The molecule has 2 aromatic heterocycles. The number of carbonyl (C=O) groups is 1. The molecule has 0 spiro atoms. The fraction of sp³-hybridized carbons (Fsp3) is 0.533. The van der Waals surface area contributed by atoms with Gasteiger partial charge in [-0.2, -0.15) is 5.10 Å². The summed E-state index contributed by atoms with van der Waals surface area (Å²) in [7, 11) is 0. The molecule has 1 aliphatic heterocycles. The van der Waals surface area contributed by atoms with Gasteiger partial charge in [0.25, 0.3) is 5.91 Å². The number of H-pyrrole nitrogens is 1. The predicted octanol–water partition coefficient (Wildman–Crippen LogP) is 4.37. The molecule has 1 N–H and O–H groups in total. The summed E-state index contributed by atoms with van der Waals surface area (Å²) in [6.45, 7) is 5.74. The monoisotopic (exact) mass is 414 g/mol. The molecular weight excluding hydrogens is 396 g/mol. The van der Waals surface area contributed by atoms with Crippen LogP contribution in [0.3, 0.4) is 0 Å². The first-order valence-corrected chi connectivity index (χ1v) is 9.76. The van der Waals surface area contributed by atoms with E-state index in [0.29, 0.717) is 10.7 Å². The highest BCUT2D eigenvalue weighted by Gasteiger charge is 2.29. The SMILES string of the molecule is CC(C)n1c(C2CCN(C(=O)c3sccc3Br)CC2)n[nH]c1=S. The summed E-state index contributed by atoms with van der Waals surface area (Å²) in [5, 5.41) is 9.28. The van der Waals surface area contributed by atoms with E-state index in [2.05, 4.69) is 44.5 Å². The minimum absolute atomic E-state index is 0.119. The van der Waals surface area contributed by atoms with Crippen molar-refractivity contribution in [2.24, 2.45) is 0 Å². The number of nitrogens with zero attached hydrogens (tertiary/aromatic N) is 3. The van der Waals surface area contributed by atoms with E-state index in [-0.39, 0.29) is 11.9 Å². The molecule has 2 aromatic rings. The molecule has 3 heterocycles. The summed E-state index contributed by atoms with van der Waals surface area (Å²) in [6, 6.07) is 2.21. The average molecular weight is 415 g/mol. The van der Waals surface area contributed by atoms with E-state index < -0.39 is 0 Å². The third-order valence-electron chi connectivity index (χ3n) is 4.21. The topological polar surface area (TPSA) is 53.9 Å². The quantitative estimate of drug-likeness (QED) is 0.758. The van der Waals surface area contributed by atoms with Gasteiger partial charge in [0.05, 0.1) is 0 Å². The van der Waals surface area contributed by atoms with Gasteiger partial charge in [0.1, 0.15) is 10.7 Å². The second-order valence-corrected chi connectivity index (χ2v) is 8.17. The van der Waals surface area contributed by atoms with E-state index in [4.69, 9.17) is 12.2 Å². The molecule has 1 aliphatic rings. The van der Waals surface area contributed by atoms with Gasteiger partial charge >= 0.3 is 0 Å². The molecule has 0 bridgehead atoms. The molecule has 0 aromatic carbocycles. The summed E-state index contributed by atoms with van der Waals surface area (Å²) < 4.78 is 3.65. The standard InChI is InChI=1S/C15H19BrN4OS2/c1-9(2)20-13(17-18-15(20)22)10-3-6-19(7-4-10)14(21)12-11(16)5-8-23-12/h5,8-10H,3-4,6-7H2,1-2H3,(H,18,22). The first-order valence-electron chi connectivity index (χ1n) is 7.68. The third kappa shape index (κ3) is 3.29. The first-order chi connectivity index (χ1) is 11.0. The number of hydrogen-bond donors (Lipinski definition) is 1. The molecule has 1 amide bonds. The van der Waals surface area contributed by atoms with E-state index in [0.717, 1.165) is 41.1 Å². The van der Waals surface area contributed by atoms with Crippen LogP contribution in [0.15, 0.2) is 15.9 Å². The van der Waals surface area contributed by atoms with Gasteiger partial charge < -0.3 is 9.47 Å². The number of halogens is 1. The Morgan fingerprint density at radius 1 is 1.48 bits per heavy atom. The second-order valence-electron chi connectivity index (χ2n) is 6.01. The molecule has 8 heteroatoms. The van der Waals surface area contributed by atoms with Gasteiger partial charge in [0.15, 0.2) is 4.77 Å². The lowest BCUT2D eigenvalue weighted by Crippen LogP contribution is -2.38. The zero-order valence-corrected chi connectivity index (χ0v) is 16.3. The van der Waals surface area contributed by atoms with E-state index in [9.17, 15) is 4.79 Å². The Morgan fingerprint density at radius 3 is 2.74 bits per heavy atom. The Balaban J connectivity index is 1.71. The highest BCUT2D eigenvalue weighted by molar-refractivity contribution is 9.10. The maximum absolute atomic E-state index is 12.6. The Kier molecular flexibility index (Phi) is 5.03. The van der Waals surface area contributed by atoms with Crippen molar-refractivity contribution in [2.75, 3.05) is 13.1 Å². The van der Waals surface area contributed by atoms with Gasteiger partial charge in [-0.1, -0.05) is 0 Å². The molecule has 0 unspecified atom stereocenters. The van der Waals surface area contributed by atoms with Crippen molar-refractivity contribution in [1.82, 2.24) is 19.7 Å². The van der Waals surface area contributed by atoms with Crippen molar-refractivity contribution in [1.29, 1.82) is 0 Å². The van der Waals surface area contributed by atoms with Crippen molar-refractivity contribution in [3.8, 4) is 0 Å². The summed E-state index contributed by atoms with van der Waals surface area (Å²) in [5.41, 5.74) is 0. The van der Waals surface area contributed by atoms with Crippen LogP contribution in [0.4, 0.5) is 0 Å². The molecule has 0 atom stereocenters. The molecule has 1 fully saturated rings. The van der Waals surface area contributed by atoms with E-state index in [1.54, 1.807) is 0 Å². The fourth-order valence-corrected chi connectivity index (χ4v) is 4.89.